The Morgan fingerprint density at radius 1 is 1.36 bits per heavy atom. The van der Waals surface area contributed by atoms with Crippen LogP contribution in [0.2, 0.25) is 5.15 Å². The quantitative estimate of drug-likeness (QED) is 0.351. The van der Waals surface area contributed by atoms with E-state index in [0.717, 1.165) is 6.42 Å². The molecule has 1 saturated heterocycles. The van der Waals surface area contributed by atoms with Gasteiger partial charge in [-0.1, -0.05) is 30.7 Å². The third-order valence-corrected chi connectivity index (χ3v) is 5.13. The van der Waals surface area contributed by atoms with Crippen LogP contribution in [-0.2, 0) is 16.1 Å². The van der Waals surface area contributed by atoms with Crippen LogP contribution in [0.25, 0.3) is 11.2 Å². The summed E-state index contributed by atoms with van der Waals surface area (Å²) in [4.78, 5) is 23.3. The van der Waals surface area contributed by atoms with Gasteiger partial charge in [-0.25, -0.2) is 15.0 Å². The minimum atomic E-state index is -0.398. The van der Waals surface area contributed by atoms with E-state index >= 15 is 0 Å². The molecule has 3 aromatic rings. The molecular weight excluding hydrogens is 386 g/mol. The average Bonchev–Trinajstić information content (AvgIpc) is 3.31. The molecule has 10 heteroatoms. The monoisotopic (exact) mass is 403 g/mol. The summed E-state index contributed by atoms with van der Waals surface area (Å²) in [6.45, 7) is 2.16. The SMILES string of the molecule is CCC1O[C@@H](n2cnc3c(Cl)ncnc32)CC1OCc1ccccc1[N+](=O)[O-]. The number of ether oxygens (including phenoxy) is 2. The Morgan fingerprint density at radius 2 is 2.18 bits per heavy atom. The lowest BCUT2D eigenvalue weighted by Crippen LogP contribution is -2.23. The standard InChI is InChI=1S/C18H18ClN5O4/c1-2-13-14(27-8-11-5-3-4-6-12(11)24(25)26)7-15(28-13)23-10-22-16-17(19)20-9-21-18(16)23/h3-6,9-10,13-15H,2,7-8H2,1H3/t13?,14?,15-/m1/s1. The van der Waals surface area contributed by atoms with Crippen LogP contribution in [0.3, 0.4) is 0 Å². The number of hydrogen-bond donors (Lipinski definition) is 0. The fourth-order valence-electron chi connectivity index (χ4n) is 3.45. The van der Waals surface area contributed by atoms with Crippen molar-refractivity contribution in [1.29, 1.82) is 0 Å². The number of halogens is 1. The normalized spacial score (nSPS) is 22.0. The largest absolute Gasteiger partial charge is 0.370 e. The van der Waals surface area contributed by atoms with Gasteiger partial charge in [0.05, 0.1) is 35.6 Å². The third kappa shape index (κ3) is 3.44. The van der Waals surface area contributed by atoms with E-state index in [9.17, 15) is 10.1 Å². The zero-order valence-electron chi connectivity index (χ0n) is 15.1. The lowest BCUT2D eigenvalue weighted by molar-refractivity contribution is -0.386. The molecule has 0 amide bonds. The molecule has 28 heavy (non-hydrogen) atoms. The highest BCUT2D eigenvalue weighted by Crippen LogP contribution is 2.35. The number of fused-ring (bicyclic) bond motifs is 1. The summed E-state index contributed by atoms with van der Waals surface area (Å²) in [5.74, 6) is 0. The van der Waals surface area contributed by atoms with Crippen LogP contribution >= 0.6 is 11.6 Å². The van der Waals surface area contributed by atoms with Gasteiger partial charge in [0.1, 0.15) is 18.1 Å². The van der Waals surface area contributed by atoms with Crippen molar-refractivity contribution in [3.63, 3.8) is 0 Å². The van der Waals surface area contributed by atoms with E-state index < -0.39 is 4.92 Å². The Hall–Kier alpha value is -2.62. The van der Waals surface area contributed by atoms with Crippen molar-refractivity contribution in [1.82, 2.24) is 19.5 Å². The maximum atomic E-state index is 11.2. The smallest absolute Gasteiger partial charge is 0.274 e. The maximum absolute atomic E-state index is 11.2. The molecule has 1 aliphatic heterocycles. The predicted octanol–water partition coefficient (Wildman–Crippen LogP) is 3.67. The Labute approximate surface area is 165 Å². The first-order valence-corrected chi connectivity index (χ1v) is 9.28. The predicted molar refractivity (Wildman–Crippen MR) is 101 cm³/mol. The Balaban J connectivity index is 1.52. The number of benzene rings is 1. The van der Waals surface area contributed by atoms with E-state index in [1.54, 1.807) is 24.5 Å². The zero-order valence-corrected chi connectivity index (χ0v) is 15.8. The number of imidazole rings is 1. The molecule has 1 aromatic carbocycles. The van der Waals surface area contributed by atoms with Gasteiger partial charge in [-0.2, -0.15) is 0 Å². The van der Waals surface area contributed by atoms with Gasteiger partial charge in [0, 0.05) is 12.5 Å². The van der Waals surface area contributed by atoms with Crippen molar-refractivity contribution in [3.05, 3.63) is 57.8 Å². The van der Waals surface area contributed by atoms with Crippen LogP contribution in [0, 0.1) is 10.1 Å². The second-order valence-electron chi connectivity index (χ2n) is 6.50. The van der Waals surface area contributed by atoms with Crippen molar-refractivity contribution in [2.24, 2.45) is 0 Å². The molecule has 0 aliphatic carbocycles. The van der Waals surface area contributed by atoms with E-state index in [2.05, 4.69) is 15.0 Å². The number of para-hydroxylation sites is 1. The second-order valence-corrected chi connectivity index (χ2v) is 6.85. The molecule has 146 valence electrons. The van der Waals surface area contributed by atoms with Crippen LogP contribution in [0.15, 0.2) is 36.9 Å². The first kappa shape index (κ1) is 18.7. The van der Waals surface area contributed by atoms with E-state index in [1.807, 2.05) is 11.5 Å². The number of hydrogen-bond acceptors (Lipinski definition) is 7. The summed E-state index contributed by atoms with van der Waals surface area (Å²) >= 11 is 6.07. The van der Waals surface area contributed by atoms with Crippen LogP contribution in [0.4, 0.5) is 5.69 Å². The Bertz CT molecular complexity index is 1010. The Kier molecular flexibility index (Phi) is 5.21. The lowest BCUT2D eigenvalue weighted by atomic mass is 10.1. The average molecular weight is 404 g/mol. The lowest BCUT2D eigenvalue weighted by Gasteiger charge is -2.17. The van der Waals surface area contributed by atoms with Crippen LogP contribution in [0.1, 0.15) is 31.6 Å². The third-order valence-electron chi connectivity index (χ3n) is 4.85. The molecule has 2 unspecified atom stereocenters. The molecular formula is C18H18ClN5O4. The van der Waals surface area contributed by atoms with Gasteiger partial charge >= 0.3 is 0 Å². The maximum Gasteiger partial charge on any atom is 0.274 e. The summed E-state index contributed by atoms with van der Waals surface area (Å²) in [6, 6.07) is 6.58. The summed E-state index contributed by atoms with van der Waals surface area (Å²) in [5, 5.41) is 11.5. The molecule has 3 atom stereocenters. The Morgan fingerprint density at radius 3 is 2.96 bits per heavy atom. The van der Waals surface area contributed by atoms with E-state index in [-0.39, 0.29) is 35.9 Å². The summed E-state index contributed by atoms with van der Waals surface area (Å²) in [5.41, 5.74) is 1.71. The van der Waals surface area contributed by atoms with Gasteiger partial charge in [-0.15, -0.1) is 0 Å². The van der Waals surface area contributed by atoms with Gasteiger partial charge in [-0.3, -0.25) is 14.7 Å². The van der Waals surface area contributed by atoms with Gasteiger partial charge in [-0.05, 0) is 12.5 Å². The summed E-state index contributed by atoms with van der Waals surface area (Å²) in [7, 11) is 0. The molecule has 0 saturated carbocycles. The highest BCUT2D eigenvalue weighted by Gasteiger charge is 2.37. The van der Waals surface area contributed by atoms with Crippen LogP contribution in [-0.4, -0.2) is 36.7 Å². The van der Waals surface area contributed by atoms with Gasteiger partial charge < -0.3 is 9.47 Å². The van der Waals surface area contributed by atoms with Gasteiger partial charge in [0.25, 0.3) is 5.69 Å². The van der Waals surface area contributed by atoms with Crippen LogP contribution < -0.4 is 0 Å². The van der Waals surface area contributed by atoms with Crippen molar-refractivity contribution >= 4 is 28.5 Å². The molecule has 0 bridgehead atoms. The van der Waals surface area contributed by atoms with E-state index in [1.165, 1.54) is 12.4 Å². The molecule has 0 N–H and O–H groups in total. The van der Waals surface area contributed by atoms with Crippen molar-refractivity contribution in [3.8, 4) is 0 Å². The molecule has 1 aliphatic rings. The number of nitrogens with zero attached hydrogens (tertiary/aromatic N) is 5. The topological polar surface area (TPSA) is 105 Å². The number of aromatic nitrogens is 4. The van der Waals surface area contributed by atoms with Crippen molar-refractivity contribution in [2.45, 2.75) is 44.8 Å². The number of nitro groups is 1. The molecule has 4 rings (SSSR count). The molecule has 2 aromatic heterocycles. The fraction of sp³-hybridized carbons (Fsp3) is 0.389. The molecule has 0 spiro atoms. The fourth-order valence-corrected chi connectivity index (χ4v) is 3.63. The van der Waals surface area contributed by atoms with Gasteiger partial charge in [0.15, 0.2) is 10.8 Å². The molecule has 0 radical (unpaired) electrons. The van der Waals surface area contributed by atoms with Gasteiger partial charge in [0.2, 0.25) is 0 Å². The van der Waals surface area contributed by atoms with E-state index in [4.69, 9.17) is 21.1 Å². The summed E-state index contributed by atoms with van der Waals surface area (Å²) in [6.07, 6.45) is 3.70. The minimum absolute atomic E-state index is 0.0537. The zero-order chi connectivity index (χ0) is 19.7. The highest BCUT2D eigenvalue weighted by molar-refractivity contribution is 6.33. The highest BCUT2D eigenvalue weighted by atomic mass is 35.5. The minimum Gasteiger partial charge on any atom is -0.370 e. The second kappa shape index (κ2) is 7.78. The molecule has 1 fully saturated rings. The first-order chi connectivity index (χ1) is 13.6. The molecule has 9 nitrogen and oxygen atoms in total. The van der Waals surface area contributed by atoms with Crippen LogP contribution in [0.5, 0.6) is 0 Å². The summed E-state index contributed by atoms with van der Waals surface area (Å²) < 4.78 is 14.0. The molecule has 3 heterocycles. The van der Waals surface area contributed by atoms with Crippen molar-refractivity contribution < 1.29 is 14.4 Å². The first-order valence-electron chi connectivity index (χ1n) is 8.91. The number of rotatable bonds is 6. The number of nitro benzene ring substituents is 1. The van der Waals surface area contributed by atoms with Crippen molar-refractivity contribution in [2.75, 3.05) is 0 Å². The van der Waals surface area contributed by atoms with E-state index in [0.29, 0.717) is 23.1 Å².